The molecule has 5 heteroatoms. The summed E-state index contributed by atoms with van der Waals surface area (Å²) >= 11 is 0. The highest BCUT2D eigenvalue weighted by Crippen LogP contribution is 2.65. The fourth-order valence-corrected chi connectivity index (χ4v) is 6.41. The molecule has 1 N–H and O–H groups in total. The van der Waals surface area contributed by atoms with Gasteiger partial charge in [-0.15, -0.1) is 0 Å². The van der Waals surface area contributed by atoms with E-state index in [0.717, 1.165) is 38.5 Å². The summed E-state index contributed by atoms with van der Waals surface area (Å²) in [5.41, 5.74) is 8.75. The van der Waals surface area contributed by atoms with E-state index in [0.29, 0.717) is 42.3 Å². The lowest BCUT2D eigenvalue weighted by Gasteiger charge is -2.54. The quantitative estimate of drug-likeness (QED) is 0.448. The number of carbonyl (C=O) groups excluding carboxylic acids is 1. The minimum atomic E-state index is -1.21. The predicted octanol–water partition coefficient (Wildman–Crippen LogP) is 4.13. The minimum absolute atomic E-state index is 0.286. The Morgan fingerprint density at radius 2 is 2.04 bits per heavy atom. The molecule has 0 amide bonds. The third kappa shape index (κ3) is 2.03. The van der Waals surface area contributed by atoms with Crippen LogP contribution in [-0.2, 0) is 4.79 Å². The van der Waals surface area contributed by atoms with Gasteiger partial charge in [-0.3, -0.25) is 4.79 Å². The van der Waals surface area contributed by atoms with Crippen molar-refractivity contribution in [2.45, 2.75) is 64.0 Å². The number of carbonyl (C=O) groups is 1. The molecular formula is C18H25N3O2. The van der Waals surface area contributed by atoms with Gasteiger partial charge in [0.15, 0.2) is 5.78 Å². The van der Waals surface area contributed by atoms with Crippen molar-refractivity contribution in [2.24, 2.45) is 34.2 Å². The van der Waals surface area contributed by atoms with Crippen molar-refractivity contribution in [3.05, 3.63) is 22.1 Å². The number of ketones is 1. The van der Waals surface area contributed by atoms with Crippen LogP contribution in [-0.4, -0.2) is 16.6 Å². The molecule has 0 radical (unpaired) electrons. The summed E-state index contributed by atoms with van der Waals surface area (Å²) in [7, 11) is 0. The van der Waals surface area contributed by atoms with Gasteiger partial charge >= 0.3 is 0 Å². The highest BCUT2D eigenvalue weighted by atomic mass is 16.3. The number of hydrogen-bond donors (Lipinski definition) is 1. The SMILES string of the molecule is C[C@]12CC[C@H]3[C@@H](CCC4=CC(=O)CC[C@@H]43)[C@@H]1CC[C@@]2(O)N=[N+]=[N-]. The summed E-state index contributed by atoms with van der Waals surface area (Å²) in [5.74, 6) is 2.57. The number of allylic oxidation sites excluding steroid dienone is 1. The Morgan fingerprint density at radius 3 is 2.83 bits per heavy atom. The van der Waals surface area contributed by atoms with Gasteiger partial charge in [0, 0.05) is 16.7 Å². The van der Waals surface area contributed by atoms with Gasteiger partial charge in [0.2, 0.25) is 0 Å². The summed E-state index contributed by atoms with van der Waals surface area (Å²) in [6, 6.07) is 0. The van der Waals surface area contributed by atoms with Crippen LogP contribution >= 0.6 is 0 Å². The van der Waals surface area contributed by atoms with Crippen molar-refractivity contribution in [2.75, 3.05) is 0 Å². The number of hydrogen-bond acceptors (Lipinski definition) is 3. The maximum atomic E-state index is 11.7. The van der Waals surface area contributed by atoms with E-state index in [9.17, 15) is 9.90 Å². The van der Waals surface area contributed by atoms with Gasteiger partial charge in [-0.1, -0.05) is 17.6 Å². The average molecular weight is 315 g/mol. The third-order valence-electron chi connectivity index (χ3n) is 7.62. The van der Waals surface area contributed by atoms with Gasteiger partial charge in [-0.25, -0.2) is 0 Å². The van der Waals surface area contributed by atoms with Crippen molar-refractivity contribution < 1.29 is 9.90 Å². The zero-order valence-corrected chi connectivity index (χ0v) is 13.7. The Hall–Kier alpha value is -1.32. The van der Waals surface area contributed by atoms with Gasteiger partial charge in [-0.05, 0) is 80.2 Å². The van der Waals surface area contributed by atoms with Crippen LogP contribution in [0.25, 0.3) is 10.4 Å². The lowest BCUT2D eigenvalue weighted by Crippen LogP contribution is -2.51. The molecule has 6 atom stereocenters. The van der Waals surface area contributed by atoms with E-state index in [2.05, 4.69) is 16.9 Å². The molecule has 23 heavy (non-hydrogen) atoms. The van der Waals surface area contributed by atoms with Crippen LogP contribution in [0.4, 0.5) is 0 Å². The van der Waals surface area contributed by atoms with E-state index in [-0.39, 0.29) is 5.41 Å². The van der Waals surface area contributed by atoms with Gasteiger partial charge < -0.3 is 5.11 Å². The summed E-state index contributed by atoms with van der Waals surface area (Å²) in [5, 5.41) is 14.7. The predicted molar refractivity (Wildman–Crippen MR) is 86.2 cm³/mol. The number of aliphatic hydroxyl groups is 1. The molecule has 4 aliphatic carbocycles. The molecule has 0 saturated heterocycles. The zero-order chi connectivity index (χ0) is 16.2. The minimum Gasteiger partial charge on any atom is -0.383 e. The van der Waals surface area contributed by atoms with E-state index < -0.39 is 5.72 Å². The molecule has 0 unspecified atom stereocenters. The average Bonchev–Trinajstić information content (AvgIpc) is 2.79. The Balaban J connectivity index is 1.65. The highest BCUT2D eigenvalue weighted by molar-refractivity contribution is 5.91. The van der Waals surface area contributed by atoms with E-state index in [1.165, 1.54) is 5.57 Å². The molecule has 4 aliphatic rings. The van der Waals surface area contributed by atoms with Gasteiger partial charge in [0.25, 0.3) is 0 Å². The molecule has 4 rings (SSSR count). The lowest BCUT2D eigenvalue weighted by atomic mass is 9.51. The Kier molecular flexibility index (Phi) is 3.37. The van der Waals surface area contributed by atoms with E-state index >= 15 is 0 Å². The first-order valence-corrected chi connectivity index (χ1v) is 9.00. The molecule has 0 spiro atoms. The molecule has 0 heterocycles. The second-order valence-electron chi connectivity index (χ2n) is 8.30. The first kappa shape index (κ1) is 15.2. The molecule has 3 saturated carbocycles. The van der Waals surface area contributed by atoms with Crippen LogP contribution < -0.4 is 0 Å². The van der Waals surface area contributed by atoms with Crippen molar-refractivity contribution in [3.8, 4) is 0 Å². The molecule has 124 valence electrons. The molecule has 0 aromatic carbocycles. The van der Waals surface area contributed by atoms with Gasteiger partial charge in [0.1, 0.15) is 5.72 Å². The Morgan fingerprint density at radius 1 is 1.22 bits per heavy atom. The Bertz CT molecular complexity index is 624. The first-order chi connectivity index (χ1) is 11.0. The summed E-state index contributed by atoms with van der Waals surface area (Å²) < 4.78 is 0. The van der Waals surface area contributed by atoms with Crippen molar-refractivity contribution in [1.82, 2.24) is 0 Å². The molecule has 0 aromatic rings. The molecular weight excluding hydrogens is 290 g/mol. The zero-order valence-electron chi connectivity index (χ0n) is 13.7. The number of azide groups is 1. The van der Waals surface area contributed by atoms with E-state index in [4.69, 9.17) is 5.53 Å². The fourth-order valence-electron chi connectivity index (χ4n) is 6.41. The third-order valence-corrected chi connectivity index (χ3v) is 7.62. The second-order valence-corrected chi connectivity index (χ2v) is 8.30. The highest BCUT2D eigenvalue weighted by Gasteiger charge is 2.62. The van der Waals surface area contributed by atoms with E-state index in [1.54, 1.807) is 0 Å². The molecule has 0 aromatic heterocycles. The van der Waals surface area contributed by atoms with E-state index in [1.807, 2.05) is 6.08 Å². The van der Waals surface area contributed by atoms with Crippen LogP contribution in [0.5, 0.6) is 0 Å². The number of nitrogens with zero attached hydrogens (tertiary/aromatic N) is 3. The van der Waals surface area contributed by atoms with Crippen LogP contribution in [0, 0.1) is 29.1 Å². The molecule has 0 aliphatic heterocycles. The molecule has 3 fully saturated rings. The maximum Gasteiger partial charge on any atom is 0.155 e. The summed E-state index contributed by atoms with van der Waals surface area (Å²) in [6.45, 7) is 2.13. The topological polar surface area (TPSA) is 86.1 Å². The van der Waals surface area contributed by atoms with Gasteiger partial charge in [0.05, 0.1) is 0 Å². The molecule has 5 nitrogen and oxygen atoms in total. The Labute approximate surface area is 136 Å². The largest absolute Gasteiger partial charge is 0.383 e. The fraction of sp³-hybridized carbons (Fsp3) is 0.833. The number of rotatable bonds is 1. The monoisotopic (exact) mass is 315 g/mol. The first-order valence-electron chi connectivity index (χ1n) is 9.00. The maximum absolute atomic E-state index is 11.7. The van der Waals surface area contributed by atoms with Crippen molar-refractivity contribution in [3.63, 3.8) is 0 Å². The summed E-state index contributed by atoms with van der Waals surface area (Å²) in [4.78, 5) is 14.6. The normalized spacial score (nSPS) is 48.6. The van der Waals surface area contributed by atoms with Crippen LogP contribution in [0.3, 0.4) is 0 Å². The van der Waals surface area contributed by atoms with Crippen LogP contribution in [0.2, 0.25) is 0 Å². The van der Waals surface area contributed by atoms with Crippen molar-refractivity contribution in [1.29, 1.82) is 0 Å². The lowest BCUT2D eigenvalue weighted by molar-refractivity contribution is -0.119. The summed E-state index contributed by atoms with van der Waals surface area (Å²) in [6.07, 6.45) is 9.33. The van der Waals surface area contributed by atoms with Crippen LogP contribution in [0.15, 0.2) is 16.8 Å². The van der Waals surface area contributed by atoms with Crippen molar-refractivity contribution >= 4 is 5.78 Å². The molecule has 0 bridgehead atoms. The van der Waals surface area contributed by atoms with Crippen LogP contribution in [0.1, 0.15) is 58.3 Å². The number of fused-ring (bicyclic) bond motifs is 5. The second kappa shape index (κ2) is 5.09. The van der Waals surface area contributed by atoms with Gasteiger partial charge in [-0.2, -0.15) is 0 Å². The standard InChI is InChI=1S/C18H25N3O2/c1-17-8-6-14-13-5-3-12(22)10-11(13)2-4-15(14)16(17)7-9-18(17,23)20-21-19/h10,13-16,23H,2-9H2,1H3/t13-,14+,15+,16-,17-,18-/m0/s1. The smallest absolute Gasteiger partial charge is 0.155 e.